The van der Waals surface area contributed by atoms with Gasteiger partial charge in [-0.05, 0) is 42.6 Å². The van der Waals surface area contributed by atoms with E-state index >= 15 is 0 Å². The van der Waals surface area contributed by atoms with Crippen molar-refractivity contribution in [3.63, 3.8) is 0 Å². The van der Waals surface area contributed by atoms with Crippen LogP contribution in [-0.2, 0) is 9.84 Å². The van der Waals surface area contributed by atoms with Gasteiger partial charge in [0.05, 0.1) is 0 Å². The van der Waals surface area contributed by atoms with Gasteiger partial charge in [-0.1, -0.05) is 17.7 Å². The Morgan fingerprint density at radius 3 is 2.37 bits per heavy atom. The minimum atomic E-state index is -3.62. The lowest BCUT2D eigenvalue weighted by atomic mass is 10.1. The Kier molecular flexibility index (Phi) is 4.08. The summed E-state index contributed by atoms with van der Waals surface area (Å²) in [6.45, 7) is 1.41. The van der Waals surface area contributed by atoms with Crippen LogP contribution in [0.1, 0.15) is 17.3 Å². The molecule has 0 N–H and O–H groups in total. The van der Waals surface area contributed by atoms with Gasteiger partial charge in [-0.25, -0.2) is 8.42 Å². The van der Waals surface area contributed by atoms with Gasteiger partial charge in [0.1, 0.15) is 9.46 Å². The summed E-state index contributed by atoms with van der Waals surface area (Å²) < 4.78 is 24.7. The first kappa shape index (κ1) is 14.2. The van der Waals surface area contributed by atoms with E-state index in [9.17, 15) is 13.2 Å². The molecule has 0 fully saturated rings. The van der Waals surface area contributed by atoms with Crippen LogP contribution in [0.4, 0.5) is 0 Å². The molecule has 0 saturated carbocycles. The monoisotopic (exact) mass is 314 g/mol. The lowest BCUT2D eigenvalue weighted by Gasteiger charge is -2.10. The molecule has 0 aliphatic heterocycles. The van der Waals surface area contributed by atoms with Gasteiger partial charge in [-0.2, -0.15) is 0 Å². The van der Waals surface area contributed by atoms with Gasteiger partial charge in [-0.3, -0.25) is 4.79 Å². The molecule has 1 heterocycles. The highest BCUT2D eigenvalue weighted by Gasteiger charge is 2.31. The van der Waals surface area contributed by atoms with Crippen LogP contribution in [-0.4, -0.2) is 19.5 Å². The molecule has 2 rings (SSSR count). The first-order chi connectivity index (χ1) is 8.93. The van der Waals surface area contributed by atoms with Crippen molar-refractivity contribution in [2.75, 3.05) is 0 Å². The average molecular weight is 315 g/mol. The molecule has 0 radical (unpaired) electrons. The fourth-order valence-electron chi connectivity index (χ4n) is 1.59. The molecule has 0 spiro atoms. The summed E-state index contributed by atoms with van der Waals surface area (Å²) in [5, 5.41) is 1.07. The number of rotatable bonds is 4. The Morgan fingerprint density at radius 1 is 1.21 bits per heavy atom. The number of benzene rings is 1. The third-order valence-electron chi connectivity index (χ3n) is 2.74. The summed E-state index contributed by atoms with van der Waals surface area (Å²) in [4.78, 5) is 12.2. The van der Waals surface area contributed by atoms with E-state index in [1.807, 2.05) is 0 Å². The lowest BCUT2D eigenvalue weighted by Crippen LogP contribution is -2.27. The Labute approximate surface area is 120 Å². The number of hydrogen-bond acceptors (Lipinski definition) is 4. The minimum absolute atomic E-state index is 0.210. The van der Waals surface area contributed by atoms with Crippen LogP contribution >= 0.6 is 22.9 Å². The van der Waals surface area contributed by atoms with Crippen LogP contribution in [0.25, 0.3) is 0 Å². The van der Waals surface area contributed by atoms with E-state index < -0.39 is 20.9 Å². The van der Waals surface area contributed by atoms with Crippen molar-refractivity contribution in [1.29, 1.82) is 0 Å². The zero-order valence-electron chi connectivity index (χ0n) is 10.0. The number of thiophene rings is 1. The number of sulfone groups is 1. The molecule has 0 amide bonds. The molecule has 0 saturated heterocycles. The van der Waals surface area contributed by atoms with E-state index in [0.717, 1.165) is 11.3 Å². The van der Waals surface area contributed by atoms with Crippen LogP contribution in [0.2, 0.25) is 5.02 Å². The molecule has 0 bridgehead atoms. The number of Topliss-reactive ketones (excluding diaryl/α,β-unsaturated/α-hetero) is 1. The van der Waals surface area contributed by atoms with Crippen LogP contribution in [0, 0.1) is 0 Å². The molecule has 19 heavy (non-hydrogen) atoms. The van der Waals surface area contributed by atoms with Crippen molar-refractivity contribution in [2.45, 2.75) is 16.4 Å². The predicted molar refractivity (Wildman–Crippen MR) is 76.7 cm³/mol. The third-order valence-corrected chi connectivity index (χ3v) is 6.48. The molecule has 1 unspecified atom stereocenters. The molecule has 6 heteroatoms. The molecule has 0 aliphatic carbocycles. The maximum Gasteiger partial charge on any atom is 0.197 e. The number of carbonyl (C=O) groups excluding carboxylic acids is 1. The maximum absolute atomic E-state index is 12.2. The summed E-state index contributed by atoms with van der Waals surface area (Å²) >= 11 is 6.85. The highest BCUT2D eigenvalue weighted by Crippen LogP contribution is 2.23. The molecular formula is C13H11ClO3S2. The summed E-state index contributed by atoms with van der Waals surface area (Å²) in [7, 11) is -3.62. The predicted octanol–water partition coefficient (Wildman–Crippen LogP) is 3.45. The van der Waals surface area contributed by atoms with E-state index in [4.69, 9.17) is 11.6 Å². The minimum Gasteiger partial charge on any atom is -0.293 e. The van der Waals surface area contributed by atoms with Crippen LogP contribution in [0.15, 0.2) is 46.0 Å². The second kappa shape index (κ2) is 5.45. The largest absolute Gasteiger partial charge is 0.293 e. The van der Waals surface area contributed by atoms with Gasteiger partial charge < -0.3 is 0 Å². The van der Waals surface area contributed by atoms with E-state index in [0.29, 0.717) is 10.6 Å². The molecule has 1 aromatic carbocycles. The maximum atomic E-state index is 12.2. The second-order valence-electron chi connectivity index (χ2n) is 3.99. The number of ketones is 1. The Bertz CT molecular complexity index is 673. The standard InChI is InChI=1S/C13H11ClO3S2/c1-9(19(16,17)12-3-2-8-18-12)13(15)10-4-6-11(14)7-5-10/h2-9H,1H3. The molecule has 3 nitrogen and oxygen atoms in total. The normalized spacial score (nSPS) is 13.2. The SMILES string of the molecule is CC(C(=O)c1ccc(Cl)cc1)S(=O)(=O)c1cccs1. The van der Waals surface area contributed by atoms with E-state index in [-0.39, 0.29) is 4.21 Å². The van der Waals surface area contributed by atoms with Crippen molar-refractivity contribution >= 4 is 38.6 Å². The summed E-state index contributed by atoms with van der Waals surface area (Å²) in [5.74, 6) is -0.426. The lowest BCUT2D eigenvalue weighted by molar-refractivity contribution is 0.0991. The van der Waals surface area contributed by atoms with Crippen molar-refractivity contribution < 1.29 is 13.2 Å². The van der Waals surface area contributed by atoms with Crippen molar-refractivity contribution in [1.82, 2.24) is 0 Å². The molecular weight excluding hydrogens is 304 g/mol. The zero-order chi connectivity index (χ0) is 14.0. The van der Waals surface area contributed by atoms with Crippen LogP contribution < -0.4 is 0 Å². The van der Waals surface area contributed by atoms with E-state index in [1.54, 1.807) is 23.6 Å². The fourth-order valence-corrected chi connectivity index (χ4v) is 4.33. The molecule has 1 aromatic heterocycles. The highest BCUT2D eigenvalue weighted by atomic mass is 35.5. The van der Waals surface area contributed by atoms with Crippen LogP contribution in [0.3, 0.4) is 0 Å². The fraction of sp³-hybridized carbons (Fsp3) is 0.154. The topological polar surface area (TPSA) is 51.2 Å². The zero-order valence-corrected chi connectivity index (χ0v) is 12.4. The Hall–Kier alpha value is -1.17. The Balaban J connectivity index is 2.32. The number of hydrogen-bond donors (Lipinski definition) is 0. The first-order valence-electron chi connectivity index (χ1n) is 5.50. The van der Waals surface area contributed by atoms with Crippen molar-refractivity contribution in [3.8, 4) is 0 Å². The van der Waals surface area contributed by atoms with Gasteiger partial charge >= 0.3 is 0 Å². The van der Waals surface area contributed by atoms with E-state index in [2.05, 4.69) is 0 Å². The highest BCUT2D eigenvalue weighted by molar-refractivity contribution is 7.94. The molecule has 1 atom stereocenters. The number of halogens is 1. The van der Waals surface area contributed by atoms with Gasteiger partial charge in [0.2, 0.25) is 0 Å². The van der Waals surface area contributed by atoms with Gasteiger partial charge in [0.25, 0.3) is 0 Å². The van der Waals surface area contributed by atoms with Crippen molar-refractivity contribution in [3.05, 3.63) is 52.4 Å². The average Bonchev–Trinajstić information content (AvgIpc) is 2.92. The Morgan fingerprint density at radius 2 is 1.84 bits per heavy atom. The smallest absolute Gasteiger partial charge is 0.197 e. The summed E-state index contributed by atoms with van der Waals surface area (Å²) in [5.41, 5.74) is 0.344. The second-order valence-corrected chi connectivity index (χ2v) is 7.87. The molecule has 100 valence electrons. The third kappa shape index (κ3) is 2.88. The van der Waals surface area contributed by atoms with Gasteiger partial charge in [0.15, 0.2) is 15.6 Å². The molecule has 2 aromatic rings. The first-order valence-corrected chi connectivity index (χ1v) is 8.30. The quantitative estimate of drug-likeness (QED) is 0.812. The van der Waals surface area contributed by atoms with E-state index in [1.165, 1.54) is 25.1 Å². The number of carbonyl (C=O) groups is 1. The molecule has 0 aliphatic rings. The summed E-state index contributed by atoms with van der Waals surface area (Å²) in [6, 6.07) is 9.36. The van der Waals surface area contributed by atoms with Gasteiger partial charge in [-0.15, -0.1) is 11.3 Å². The van der Waals surface area contributed by atoms with Gasteiger partial charge in [0, 0.05) is 10.6 Å². The van der Waals surface area contributed by atoms with Crippen molar-refractivity contribution in [2.24, 2.45) is 0 Å². The summed E-state index contributed by atoms with van der Waals surface area (Å²) in [6.07, 6.45) is 0. The van der Waals surface area contributed by atoms with Crippen LogP contribution in [0.5, 0.6) is 0 Å².